The summed E-state index contributed by atoms with van der Waals surface area (Å²) in [5.74, 6) is -3.17. The molecule has 0 aliphatic heterocycles. The third-order valence-electron chi connectivity index (χ3n) is 4.12. The second kappa shape index (κ2) is 9.80. The zero-order valence-electron chi connectivity index (χ0n) is 16.4. The number of likely N-dealkylation sites (N-methyl/N-ethyl adjacent to an activating group) is 1. The van der Waals surface area contributed by atoms with Crippen molar-refractivity contribution >= 4 is 17.0 Å². The maximum absolute atomic E-state index is 14.4. The number of halogens is 4. The Morgan fingerprint density at radius 1 is 1.21 bits per heavy atom. The molecule has 1 aromatic carbocycles. The van der Waals surface area contributed by atoms with Gasteiger partial charge in [-0.25, -0.2) is 13.4 Å². The minimum atomic E-state index is -4.77. The van der Waals surface area contributed by atoms with E-state index in [2.05, 4.69) is 0 Å². The van der Waals surface area contributed by atoms with Crippen LogP contribution in [0, 0.1) is 5.82 Å². The van der Waals surface area contributed by atoms with Gasteiger partial charge in [0, 0.05) is 18.2 Å². The average Bonchev–Trinajstić information content (AvgIpc) is 2.60. The van der Waals surface area contributed by atoms with Crippen LogP contribution in [0.15, 0.2) is 24.3 Å². The number of hydrogen-bond donors (Lipinski definition) is 0. The lowest BCUT2D eigenvalue weighted by atomic mass is 9.89. The summed E-state index contributed by atoms with van der Waals surface area (Å²) >= 11 is 0. The molecule has 0 saturated heterocycles. The van der Waals surface area contributed by atoms with Crippen LogP contribution in [0.25, 0.3) is 0 Å². The van der Waals surface area contributed by atoms with Gasteiger partial charge in [-0.2, -0.15) is 17.5 Å². The van der Waals surface area contributed by atoms with Crippen molar-refractivity contribution in [1.82, 2.24) is 4.31 Å². The number of nitrogens with zero attached hydrogens (tertiary/aromatic N) is 1. The summed E-state index contributed by atoms with van der Waals surface area (Å²) in [5, 5.41) is -0.541. The number of carbonyl (C=O) groups is 1. The molecule has 160 valence electrons. The van der Waals surface area contributed by atoms with E-state index < -0.39 is 52.4 Å². The van der Waals surface area contributed by atoms with Gasteiger partial charge in [0.15, 0.2) is 0 Å². The van der Waals surface area contributed by atoms with Crippen LogP contribution in [0.1, 0.15) is 39.2 Å². The van der Waals surface area contributed by atoms with Crippen LogP contribution in [0.2, 0.25) is 0 Å². The standard InChI is InChI=1S/C18H25F4NO4S/c1-6-26-16(24)18(27-11-17(20,21)22,23(5)28(25)12(2)3)13(4)14-9-7-8-10-15(14)19/h7-10,12-13H,6,11H2,1-5H3/t13-,18+,28-/m1/s1. The average molecular weight is 427 g/mol. The van der Waals surface area contributed by atoms with Crippen molar-refractivity contribution in [3.05, 3.63) is 35.6 Å². The lowest BCUT2D eigenvalue weighted by Gasteiger charge is -2.43. The molecule has 0 aliphatic rings. The molecule has 10 heteroatoms. The summed E-state index contributed by atoms with van der Waals surface area (Å²) < 4.78 is 76.9. The summed E-state index contributed by atoms with van der Waals surface area (Å²) in [7, 11) is -0.726. The van der Waals surface area contributed by atoms with Crippen molar-refractivity contribution in [1.29, 1.82) is 0 Å². The predicted molar refractivity (Wildman–Crippen MR) is 97.2 cm³/mol. The van der Waals surface area contributed by atoms with Gasteiger partial charge in [0.05, 0.1) is 17.6 Å². The molecule has 0 radical (unpaired) electrons. The normalized spacial score (nSPS) is 16.7. The first-order valence-electron chi connectivity index (χ1n) is 8.65. The van der Waals surface area contributed by atoms with E-state index in [1.54, 1.807) is 13.8 Å². The largest absolute Gasteiger partial charge is 0.463 e. The van der Waals surface area contributed by atoms with E-state index in [0.29, 0.717) is 0 Å². The Kier molecular flexibility index (Phi) is 8.58. The molecular weight excluding hydrogens is 402 g/mol. The molecule has 0 fully saturated rings. The Hall–Kier alpha value is -1.52. The van der Waals surface area contributed by atoms with Gasteiger partial charge in [-0.1, -0.05) is 25.1 Å². The zero-order valence-corrected chi connectivity index (χ0v) is 17.2. The van der Waals surface area contributed by atoms with Gasteiger partial charge >= 0.3 is 12.1 Å². The molecule has 0 N–H and O–H groups in total. The van der Waals surface area contributed by atoms with Crippen LogP contribution in [-0.2, 0) is 25.3 Å². The van der Waals surface area contributed by atoms with Gasteiger partial charge in [-0.3, -0.25) is 0 Å². The van der Waals surface area contributed by atoms with Gasteiger partial charge in [0.25, 0.3) is 0 Å². The first-order chi connectivity index (χ1) is 12.9. The molecule has 28 heavy (non-hydrogen) atoms. The number of hydrogen-bond acceptors (Lipinski definition) is 4. The topological polar surface area (TPSA) is 55.8 Å². The molecule has 1 aromatic rings. The molecule has 3 atom stereocenters. The van der Waals surface area contributed by atoms with E-state index in [0.717, 1.165) is 10.4 Å². The first-order valence-corrected chi connectivity index (χ1v) is 9.82. The Morgan fingerprint density at radius 3 is 2.25 bits per heavy atom. The number of rotatable bonds is 9. The van der Waals surface area contributed by atoms with E-state index in [9.17, 15) is 26.6 Å². The highest BCUT2D eigenvalue weighted by atomic mass is 32.2. The van der Waals surface area contributed by atoms with E-state index in [1.165, 1.54) is 39.1 Å². The molecule has 0 heterocycles. The molecule has 0 amide bonds. The Labute approximate surface area is 164 Å². The molecule has 5 nitrogen and oxygen atoms in total. The fourth-order valence-corrected chi connectivity index (χ4v) is 3.95. The van der Waals surface area contributed by atoms with E-state index in [1.807, 2.05) is 0 Å². The van der Waals surface area contributed by atoms with E-state index in [4.69, 9.17) is 9.47 Å². The Bertz CT molecular complexity index is 698. The third-order valence-corrected chi connectivity index (χ3v) is 5.74. The van der Waals surface area contributed by atoms with Crippen LogP contribution in [0.3, 0.4) is 0 Å². The molecule has 0 bridgehead atoms. The molecule has 0 aromatic heterocycles. The zero-order chi connectivity index (χ0) is 21.7. The first kappa shape index (κ1) is 24.5. The summed E-state index contributed by atoms with van der Waals surface area (Å²) in [6.45, 7) is 3.99. The van der Waals surface area contributed by atoms with Crippen LogP contribution in [0.4, 0.5) is 17.6 Å². The van der Waals surface area contributed by atoms with Crippen LogP contribution in [-0.4, -0.2) is 51.9 Å². The van der Waals surface area contributed by atoms with Crippen molar-refractivity contribution in [3.8, 4) is 0 Å². The predicted octanol–water partition coefficient (Wildman–Crippen LogP) is 3.77. The molecular formula is C18H25F4NO4S. The van der Waals surface area contributed by atoms with Crippen molar-refractivity contribution in [2.45, 2.75) is 50.8 Å². The number of benzene rings is 1. The number of esters is 1. The second-order valence-corrected chi connectivity index (χ2v) is 8.43. The molecule has 0 aliphatic carbocycles. The van der Waals surface area contributed by atoms with Crippen LogP contribution >= 0.6 is 0 Å². The van der Waals surface area contributed by atoms with E-state index >= 15 is 0 Å². The van der Waals surface area contributed by atoms with Crippen LogP contribution < -0.4 is 0 Å². The number of carbonyl (C=O) groups excluding carboxylic acids is 1. The fraction of sp³-hybridized carbons (Fsp3) is 0.611. The third kappa shape index (κ3) is 5.51. The van der Waals surface area contributed by atoms with Gasteiger partial charge in [0.2, 0.25) is 5.72 Å². The fourth-order valence-electron chi connectivity index (χ4n) is 2.77. The van der Waals surface area contributed by atoms with E-state index in [-0.39, 0.29) is 12.2 Å². The summed E-state index contributed by atoms with van der Waals surface area (Å²) in [4.78, 5) is 12.9. The molecule has 0 saturated carbocycles. The van der Waals surface area contributed by atoms with Crippen molar-refractivity contribution in [3.63, 3.8) is 0 Å². The highest BCUT2D eigenvalue weighted by Crippen LogP contribution is 2.39. The van der Waals surface area contributed by atoms with Crippen molar-refractivity contribution in [2.75, 3.05) is 20.3 Å². The lowest BCUT2D eigenvalue weighted by Crippen LogP contribution is -2.61. The van der Waals surface area contributed by atoms with Gasteiger partial charge in [0.1, 0.15) is 12.4 Å². The van der Waals surface area contributed by atoms with Crippen molar-refractivity contribution < 1.29 is 36.0 Å². The molecule has 1 rings (SSSR count). The maximum atomic E-state index is 14.4. The Morgan fingerprint density at radius 2 is 1.79 bits per heavy atom. The quantitative estimate of drug-likeness (QED) is 0.342. The summed E-state index contributed by atoms with van der Waals surface area (Å²) in [6, 6.07) is 5.33. The SMILES string of the molecule is CCOC(=O)[C@@](OCC(F)(F)F)([C@H](C)c1ccccc1F)N(C)[S@](=O)C(C)C. The minimum Gasteiger partial charge on any atom is -0.463 e. The van der Waals surface area contributed by atoms with Gasteiger partial charge in [-0.15, -0.1) is 0 Å². The second-order valence-electron chi connectivity index (χ2n) is 6.39. The monoisotopic (exact) mass is 427 g/mol. The van der Waals surface area contributed by atoms with Gasteiger partial charge < -0.3 is 9.47 Å². The molecule has 0 spiro atoms. The number of ether oxygens (including phenoxy) is 2. The van der Waals surface area contributed by atoms with Crippen LogP contribution in [0.5, 0.6) is 0 Å². The summed E-state index contributed by atoms with van der Waals surface area (Å²) in [5.41, 5.74) is -2.52. The highest BCUT2D eigenvalue weighted by molar-refractivity contribution is 7.83. The highest BCUT2D eigenvalue weighted by Gasteiger charge is 2.55. The van der Waals surface area contributed by atoms with Gasteiger partial charge in [-0.05, 0) is 32.4 Å². The number of alkyl halides is 3. The van der Waals surface area contributed by atoms with Crippen molar-refractivity contribution in [2.24, 2.45) is 0 Å². The maximum Gasteiger partial charge on any atom is 0.411 e. The minimum absolute atomic E-state index is 0.0645. The Balaban J connectivity index is 3.64. The molecule has 0 unspecified atom stereocenters. The summed E-state index contributed by atoms with van der Waals surface area (Å²) in [6.07, 6.45) is -4.77. The smallest absolute Gasteiger partial charge is 0.411 e. The lowest BCUT2D eigenvalue weighted by molar-refractivity contribution is -0.237.